The number of hydrogen-bond acceptors (Lipinski definition) is 3. The number of carbonyl (C=O) groups excluding carboxylic acids is 1. The molecule has 0 bridgehead atoms. The van der Waals surface area contributed by atoms with Gasteiger partial charge in [0, 0.05) is 6.04 Å². The van der Waals surface area contributed by atoms with Gasteiger partial charge in [0.05, 0.1) is 27.9 Å². The molecule has 0 radical (unpaired) electrons. The second-order valence-electron chi connectivity index (χ2n) is 7.64. The number of benzene rings is 1. The van der Waals surface area contributed by atoms with Crippen LogP contribution in [0.3, 0.4) is 0 Å². The maximum absolute atomic E-state index is 12.5. The van der Waals surface area contributed by atoms with E-state index < -0.39 is 11.0 Å². The second kappa shape index (κ2) is 7.58. The minimum Gasteiger partial charge on any atom is -0.462 e. The van der Waals surface area contributed by atoms with Crippen LogP contribution in [0.25, 0.3) is 0 Å². The molecule has 0 spiro atoms. The molecule has 130 valence electrons. The number of esters is 1. The lowest BCUT2D eigenvalue weighted by molar-refractivity contribution is 0.0526. The number of hydrogen-bond donors (Lipinski definition) is 1. The van der Waals surface area contributed by atoms with Gasteiger partial charge in [0.25, 0.3) is 0 Å². The highest BCUT2D eigenvalue weighted by atomic mass is 32.2. The summed E-state index contributed by atoms with van der Waals surface area (Å²) in [5, 5.41) is 0. The van der Waals surface area contributed by atoms with Gasteiger partial charge in [0.1, 0.15) is 0 Å². The third kappa shape index (κ3) is 5.74. The lowest BCUT2D eigenvalue weighted by Gasteiger charge is -2.34. The maximum atomic E-state index is 12.5. The van der Waals surface area contributed by atoms with Crippen molar-refractivity contribution in [3.8, 4) is 0 Å². The van der Waals surface area contributed by atoms with E-state index in [0.717, 1.165) is 5.56 Å². The second-order valence-corrected chi connectivity index (χ2v) is 9.64. The van der Waals surface area contributed by atoms with Gasteiger partial charge in [0.15, 0.2) is 0 Å². The van der Waals surface area contributed by atoms with Gasteiger partial charge in [-0.15, -0.1) is 0 Å². The van der Waals surface area contributed by atoms with Gasteiger partial charge in [0.2, 0.25) is 0 Å². The molecule has 0 fully saturated rings. The summed E-state index contributed by atoms with van der Waals surface area (Å²) in [6.07, 6.45) is 0. The highest BCUT2D eigenvalue weighted by Gasteiger charge is 2.31. The van der Waals surface area contributed by atoms with Gasteiger partial charge in [-0.25, -0.2) is 13.7 Å². The van der Waals surface area contributed by atoms with Crippen LogP contribution in [0.2, 0.25) is 0 Å². The van der Waals surface area contributed by atoms with Crippen LogP contribution in [0.1, 0.15) is 70.4 Å². The van der Waals surface area contributed by atoms with E-state index in [1.165, 1.54) is 0 Å². The van der Waals surface area contributed by atoms with Crippen molar-refractivity contribution >= 4 is 17.0 Å². The Morgan fingerprint density at radius 1 is 1.13 bits per heavy atom. The van der Waals surface area contributed by atoms with Crippen LogP contribution in [0.4, 0.5) is 0 Å². The molecule has 0 aromatic heterocycles. The Morgan fingerprint density at radius 2 is 1.65 bits per heavy atom. The number of carbonyl (C=O) groups is 1. The van der Waals surface area contributed by atoms with E-state index in [0.29, 0.717) is 12.2 Å². The molecule has 0 amide bonds. The predicted molar refractivity (Wildman–Crippen MR) is 95.6 cm³/mol. The summed E-state index contributed by atoms with van der Waals surface area (Å²) < 4.78 is 20.4. The standard InChI is InChI=1S/C18H29NO3S/c1-8-22-16(20)14-11-9-13(10-12-14)15(17(2,3)4)19-23(21)18(5,6)7/h9-12,15,19H,8H2,1-7H3/t15-,23-/m0/s1. The molecule has 0 aliphatic heterocycles. The molecule has 0 aliphatic carbocycles. The quantitative estimate of drug-likeness (QED) is 0.825. The van der Waals surface area contributed by atoms with Gasteiger partial charge in [-0.3, -0.25) is 0 Å². The van der Waals surface area contributed by atoms with Gasteiger partial charge in [-0.1, -0.05) is 32.9 Å². The molecule has 23 heavy (non-hydrogen) atoms. The lowest BCUT2D eigenvalue weighted by atomic mass is 9.83. The molecule has 2 atom stereocenters. The van der Waals surface area contributed by atoms with Crippen molar-refractivity contribution in [2.24, 2.45) is 5.41 Å². The summed E-state index contributed by atoms with van der Waals surface area (Å²) >= 11 is 0. The number of ether oxygens (including phenoxy) is 1. The molecule has 0 saturated heterocycles. The van der Waals surface area contributed by atoms with E-state index >= 15 is 0 Å². The van der Waals surface area contributed by atoms with Crippen molar-refractivity contribution in [2.45, 2.75) is 59.3 Å². The van der Waals surface area contributed by atoms with Crippen LogP contribution in [0.5, 0.6) is 0 Å². The van der Waals surface area contributed by atoms with E-state index in [1.54, 1.807) is 19.1 Å². The molecule has 1 aromatic rings. The summed E-state index contributed by atoms with van der Waals surface area (Å²) in [5.74, 6) is -0.322. The molecule has 0 saturated carbocycles. The highest BCUT2D eigenvalue weighted by Crippen LogP contribution is 2.34. The number of nitrogens with one attached hydrogen (secondary N) is 1. The molecule has 1 N–H and O–H groups in total. The first-order valence-corrected chi connectivity index (χ1v) is 9.07. The predicted octanol–water partition coefficient (Wildman–Crippen LogP) is 4.00. The molecule has 5 heteroatoms. The largest absolute Gasteiger partial charge is 0.462 e. The van der Waals surface area contributed by atoms with Gasteiger partial charge >= 0.3 is 5.97 Å². The normalized spacial score (nSPS) is 15.1. The fraction of sp³-hybridized carbons (Fsp3) is 0.611. The summed E-state index contributed by atoms with van der Waals surface area (Å²) in [6, 6.07) is 7.23. The van der Waals surface area contributed by atoms with Gasteiger partial charge in [-0.05, 0) is 50.8 Å². The van der Waals surface area contributed by atoms with Crippen LogP contribution in [0.15, 0.2) is 24.3 Å². The van der Waals surface area contributed by atoms with Gasteiger partial charge < -0.3 is 4.74 Å². The first-order valence-electron chi connectivity index (χ1n) is 7.92. The third-order valence-corrected chi connectivity index (χ3v) is 4.96. The SMILES string of the molecule is CCOC(=O)c1ccc([C@H](N[S@@](=O)C(C)(C)C)C(C)(C)C)cc1. The minimum atomic E-state index is -1.17. The fourth-order valence-electron chi connectivity index (χ4n) is 2.05. The molecule has 1 rings (SSSR count). The summed E-state index contributed by atoms with van der Waals surface area (Å²) in [5.41, 5.74) is 1.41. The Morgan fingerprint density at radius 3 is 2.04 bits per heavy atom. The molecule has 0 heterocycles. The van der Waals surface area contributed by atoms with E-state index in [1.807, 2.05) is 32.9 Å². The van der Waals surface area contributed by atoms with E-state index in [2.05, 4.69) is 25.5 Å². The summed E-state index contributed by atoms with van der Waals surface area (Å²) in [7, 11) is -1.17. The van der Waals surface area contributed by atoms with Crippen LogP contribution in [-0.2, 0) is 15.7 Å². The van der Waals surface area contributed by atoms with E-state index in [4.69, 9.17) is 4.74 Å². The van der Waals surface area contributed by atoms with Crippen molar-refractivity contribution < 1.29 is 13.7 Å². The van der Waals surface area contributed by atoms with Crippen molar-refractivity contribution in [3.05, 3.63) is 35.4 Å². The topological polar surface area (TPSA) is 55.4 Å². The Kier molecular flexibility index (Phi) is 6.54. The smallest absolute Gasteiger partial charge is 0.338 e. The van der Waals surface area contributed by atoms with Crippen LogP contribution < -0.4 is 4.72 Å². The third-order valence-electron chi connectivity index (χ3n) is 3.40. The molecule has 0 aliphatic rings. The molecular formula is C18H29NO3S. The molecule has 0 unspecified atom stereocenters. The minimum absolute atomic E-state index is 0.0844. The Hall–Kier alpha value is -1.20. The zero-order valence-electron chi connectivity index (χ0n) is 15.2. The van der Waals surface area contributed by atoms with Crippen molar-refractivity contribution in [2.75, 3.05) is 6.61 Å². The average molecular weight is 340 g/mol. The van der Waals surface area contributed by atoms with Crippen LogP contribution >= 0.6 is 0 Å². The zero-order valence-corrected chi connectivity index (χ0v) is 16.0. The van der Waals surface area contributed by atoms with Crippen LogP contribution in [0, 0.1) is 5.41 Å². The van der Waals surface area contributed by atoms with E-state index in [9.17, 15) is 9.00 Å². The number of rotatable bonds is 5. The maximum Gasteiger partial charge on any atom is 0.338 e. The zero-order chi connectivity index (χ0) is 17.8. The van der Waals surface area contributed by atoms with Crippen molar-refractivity contribution in [3.63, 3.8) is 0 Å². The summed E-state index contributed by atoms with van der Waals surface area (Å²) in [4.78, 5) is 11.7. The molecule has 1 aromatic carbocycles. The lowest BCUT2D eigenvalue weighted by Crippen LogP contribution is -2.40. The first-order chi connectivity index (χ1) is 10.5. The highest BCUT2D eigenvalue weighted by molar-refractivity contribution is 7.84. The molecular weight excluding hydrogens is 310 g/mol. The molecule has 4 nitrogen and oxygen atoms in total. The average Bonchev–Trinajstić information content (AvgIpc) is 2.42. The van der Waals surface area contributed by atoms with Crippen LogP contribution in [-0.4, -0.2) is 21.5 Å². The summed E-state index contributed by atoms with van der Waals surface area (Å²) in [6.45, 7) is 14.3. The van der Waals surface area contributed by atoms with E-state index in [-0.39, 0.29) is 22.2 Å². The first kappa shape index (κ1) is 19.8. The Labute approximate surface area is 142 Å². The van der Waals surface area contributed by atoms with Crippen molar-refractivity contribution in [1.29, 1.82) is 0 Å². The Balaban J connectivity index is 3.05. The fourth-order valence-corrected chi connectivity index (χ4v) is 3.11. The Bertz CT molecular complexity index is 553. The monoisotopic (exact) mass is 339 g/mol. The van der Waals surface area contributed by atoms with Gasteiger partial charge in [-0.2, -0.15) is 0 Å². The van der Waals surface area contributed by atoms with Crippen molar-refractivity contribution in [1.82, 2.24) is 4.72 Å².